The first-order valence-corrected chi connectivity index (χ1v) is 7.47. The molecule has 0 bridgehead atoms. The Morgan fingerprint density at radius 1 is 1.10 bits per heavy atom. The highest BCUT2D eigenvalue weighted by atomic mass is 16.4. The lowest BCUT2D eigenvalue weighted by atomic mass is 10.1. The topological polar surface area (TPSA) is 49.3 Å². The van der Waals surface area contributed by atoms with Crippen LogP contribution >= 0.6 is 0 Å². The molecule has 1 aromatic carbocycles. The van der Waals surface area contributed by atoms with Gasteiger partial charge in [-0.15, -0.1) is 0 Å². The van der Waals surface area contributed by atoms with Crippen LogP contribution in [0, 0.1) is 0 Å². The Kier molecular flexibility index (Phi) is 8.20. The lowest BCUT2D eigenvalue weighted by molar-refractivity contribution is -0.131. The Labute approximate surface area is 121 Å². The Balaban J connectivity index is 2.20. The molecule has 0 spiro atoms. The Hall–Kier alpha value is -1.77. The monoisotopic (exact) mass is 275 g/mol. The normalized spacial score (nSPS) is 10.8. The first kappa shape index (κ1) is 16.3. The van der Waals surface area contributed by atoms with Gasteiger partial charge < -0.3 is 10.4 Å². The van der Waals surface area contributed by atoms with Crippen LogP contribution in [0.15, 0.2) is 30.3 Å². The van der Waals surface area contributed by atoms with Crippen molar-refractivity contribution in [1.29, 1.82) is 0 Å². The van der Waals surface area contributed by atoms with Gasteiger partial charge in [0, 0.05) is 18.3 Å². The van der Waals surface area contributed by atoms with Crippen molar-refractivity contribution in [2.24, 2.45) is 0 Å². The summed E-state index contributed by atoms with van der Waals surface area (Å²) in [5.74, 6) is -0.921. The molecule has 0 saturated heterocycles. The third-order valence-electron chi connectivity index (χ3n) is 3.19. The van der Waals surface area contributed by atoms with Crippen LogP contribution in [0.5, 0.6) is 0 Å². The summed E-state index contributed by atoms with van der Waals surface area (Å²) in [4.78, 5) is 10.4. The van der Waals surface area contributed by atoms with E-state index < -0.39 is 5.97 Å². The van der Waals surface area contributed by atoms with Gasteiger partial charge in [0.25, 0.3) is 0 Å². The van der Waals surface area contributed by atoms with Gasteiger partial charge in [-0.3, -0.25) is 0 Å². The first-order valence-electron chi connectivity index (χ1n) is 7.47. The maximum absolute atomic E-state index is 10.4. The van der Waals surface area contributed by atoms with Gasteiger partial charge >= 0.3 is 5.97 Å². The maximum atomic E-state index is 10.4. The summed E-state index contributed by atoms with van der Waals surface area (Å²) >= 11 is 0. The standard InChI is InChI=1S/C17H25NO2/c1-2-3-4-5-6-7-14-18-16-11-8-15(9-12-16)10-13-17(19)20/h8-13,18H,2-7,14H2,1H3,(H,19,20). The minimum Gasteiger partial charge on any atom is -0.478 e. The van der Waals surface area contributed by atoms with Gasteiger partial charge in [0.15, 0.2) is 0 Å². The lowest BCUT2D eigenvalue weighted by Crippen LogP contribution is -2.01. The lowest BCUT2D eigenvalue weighted by Gasteiger charge is -2.06. The molecule has 0 aromatic heterocycles. The summed E-state index contributed by atoms with van der Waals surface area (Å²) in [6.07, 6.45) is 10.5. The van der Waals surface area contributed by atoms with Gasteiger partial charge in [0.05, 0.1) is 0 Å². The summed E-state index contributed by atoms with van der Waals surface area (Å²) in [6.45, 7) is 3.23. The number of unbranched alkanes of at least 4 members (excludes halogenated alkanes) is 5. The SMILES string of the molecule is CCCCCCCCNc1ccc(C=CC(=O)O)cc1. The molecule has 0 atom stereocenters. The number of hydrogen-bond acceptors (Lipinski definition) is 2. The molecule has 0 aliphatic heterocycles. The van der Waals surface area contributed by atoms with Crippen LogP contribution in [0.4, 0.5) is 5.69 Å². The minimum absolute atomic E-state index is 0.900. The average molecular weight is 275 g/mol. The van der Waals surface area contributed by atoms with Gasteiger partial charge in [-0.1, -0.05) is 51.2 Å². The Morgan fingerprint density at radius 2 is 1.75 bits per heavy atom. The zero-order valence-corrected chi connectivity index (χ0v) is 12.3. The molecule has 0 aliphatic carbocycles. The number of anilines is 1. The molecule has 0 unspecified atom stereocenters. The van der Waals surface area contributed by atoms with Crippen LogP contribution in [0.1, 0.15) is 51.0 Å². The van der Waals surface area contributed by atoms with E-state index >= 15 is 0 Å². The highest BCUT2D eigenvalue weighted by Gasteiger charge is 1.94. The van der Waals surface area contributed by atoms with Gasteiger partial charge in [-0.05, 0) is 30.2 Å². The van der Waals surface area contributed by atoms with E-state index in [1.54, 1.807) is 6.08 Å². The molecular weight excluding hydrogens is 250 g/mol. The predicted molar refractivity (Wildman–Crippen MR) is 85.0 cm³/mol. The van der Waals surface area contributed by atoms with Crippen molar-refractivity contribution in [2.45, 2.75) is 45.4 Å². The molecule has 0 saturated carbocycles. The van der Waals surface area contributed by atoms with E-state index in [0.717, 1.165) is 23.9 Å². The molecule has 3 heteroatoms. The van der Waals surface area contributed by atoms with Crippen molar-refractivity contribution < 1.29 is 9.90 Å². The fourth-order valence-corrected chi connectivity index (χ4v) is 2.02. The third kappa shape index (κ3) is 7.62. The number of carbonyl (C=O) groups is 1. The number of aliphatic carboxylic acids is 1. The summed E-state index contributed by atoms with van der Waals surface area (Å²) in [7, 11) is 0. The fraction of sp³-hybridized carbons (Fsp3) is 0.471. The average Bonchev–Trinajstić information content (AvgIpc) is 2.45. The first-order chi connectivity index (χ1) is 9.72. The maximum Gasteiger partial charge on any atom is 0.328 e. The van der Waals surface area contributed by atoms with E-state index in [-0.39, 0.29) is 0 Å². The van der Waals surface area contributed by atoms with E-state index in [0.29, 0.717) is 0 Å². The van der Waals surface area contributed by atoms with E-state index in [1.807, 2.05) is 24.3 Å². The fourth-order valence-electron chi connectivity index (χ4n) is 2.02. The van der Waals surface area contributed by atoms with Crippen molar-refractivity contribution >= 4 is 17.7 Å². The van der Waals surface area contributed by atoms with Crippen molar-refractivity contribution in [3.63, 3.8) is 0 Å². The molecule has 0 fully saturated rings. The second-order valence-corrected chi connectivity index (χ2v) is 4.99. The molecule has 3 nitrogen and oxygen atoms in total. The van der Waals surface area contributed by atoms with Crippen molar-refractivity contribution in [1.82, 2.24) is 0 Å². The number of carboxylic acids is 1. The van der Waals surface area contributed by atoms with E-state index in [4.69, 9.17) is 5.11 Å². The van der Waals surface area contributed by atoms with Crippen molar-refractivity contribution in [2.75, 3.05) is 11.9 Å². The molecule has 0 amide bonds. The van der Waals surface area contributed by atoms with Gasteiger partial charge in [0.2, 0.25) is 0 Å². The second kappa shape index (κ2) is 10.1. The second-order valence-electron chi connectivity index (χ2n) is 4.99. The van der Waals surface area contributed by atoms with Crippen LogP contribution < -0.4 is 5.32 Å². The summed E-state index contributed by atoms with van der Waals surface area (Å²) < 4.78 is 0. The van der Waals surface area contributed by atoms with Crippen LogP contribution in [0.2, 0.25) is 0 Å². The van der Waals surface area contributed by atoms with Crippen LogP contribution in [-0.2, 0) is 4.79 Å². The third-order valence-corrected chi connectivity index (χ3v) is 3.19. The Morgan fingerprint density at radius 3 is 2.40 bits per heavy atom. The van der Waals surface area contributed by atoms with Gasteiger partial charge in [0.1, 0.15) is 0 Å². The highest BCUT2D eigenvalue weighted by Crippen LogP contribution is 2.11. The predicted octanol–water partition coefficient (Wildman–Crippen LogP) is 4.56. The van der Waals surface area contributed by atoms with Gasteiger partial charge in [-0.2, -0.15) is 0 Å². The van der Waals surface area contributed by atoms with E-state index in [1.165, 1.54) is 38.5 Å². The van der Waals surface area contributed by atoms with E-state index in [9.17, 15) is 4.79 Å². The molecule has 0 aliphatic rings. The van der Waals surface area contributed by atoms with Crippen molar-refractivity contribution in [3.05, 3.63) is 35.9 Å². The molecule has 0 heterocycles. The quantitative estimate of drug-likeness (QED) is 0.486. The zero-order valence-electron chi connectivity index (χ0n) is 12.3. The summed E-state index contributed by atoms with van der Waals surface area (Å²) in [6, 6.07) is 7.81. The molecular formula is C17H25NO2. The molecule has 1 rings (SSSR count). The highest BCUT2D eigenvalue weighted by molar-refractivity contribution is 5.85. The van der Waals surface area contributed by atoms with E-state index in [2.05, 4.69) is 12.2 Å². The van der Waals surface area contributed by atoms with Crippen LogP contribution in [-0.4, -0.2) is 17.6 Å². The molecule has 2 N–H and O–H groups in total. The zero-order chi connectivity index (χ0) is 14.6. The number of benzene rings is 1. The van der Waals surface area contributed by atoms with Crippen LogP contribution in [0.3, 0.4) is 0 Å². The summed E-state index contributed by atoms with van der Waals surface area (Å²) in [5.41, 5.74) is 1.99. The number of hydrogen-bond donors (Lipinski definition) is 2. The molecule has 1 aromatic rings. The molecule has 110 valence electrons. The smallest absolute Gasteiger partial charge is 0.328 e. The van der Waals surface area contributed by atoms with Gasteiger partial charge in [-0.25, -0.2) is 4.79 Å². The number of rotatable bonds is 10. The largest absolute Gasteiger partial charge is 0.478 e. The molecule has 20 heavy (non-hydrogen) atoms. The van der Waals surface area contributed by atoms with Crippen molar-refractivity contribution in [3.8, 4) is 0 Å². The Bertz CT molecular complexity index is 410. The summed E-state index contributed by atoms with van der Waals surface area (Å²) in [5, 5.41) is 11.9. The number of carboxylic acid groups (broad SMARTS) is 1. The van der Waals surface area contributed by atoms with Crippen LogP contribution in [0.25, 0.3) is 6.08 Å². The molecule has 0 radical (unpaired) electrons. The minimum atomic E-state index is -0.921. The number of nitrogens with one attached hydrogen (secondary N) is 1.